The normalized spacial score (nSPS) is 19.8. The van der Waals surface area contributed by atoms with Crippen molar-refractivity contribution in [1.29, 1.82) is 0 Å². The van der Waals surface area contributed by atoms with E-state index in [9.17, 15) is 0 Å². The van der Waals surface area contributed by atoms with E-state index in [1.807, 2.05) is 0 Å². The van der Waals surface area contributed by atoms with Crippen LogP contribution in [0.15, 0.2) is 12.4 Å². The minimum absolute atomic E-state index is 0.0673. The van der Waals surface area contributed by atoms with Crippen LogP contribution in [0.5, 0.6) is 0 Å². The zero-order valence-electron chi connectivity index (χ0n) is 11.0. The molecule has 2 aromatic heterocycles. The number of rotatable bonds is 1. The molecular formula is C13H19N5. The molecule has 0 aromatic carbocycles. The van der Waals surface area contributed by atoms with E-state index in [-0.39, 0.29) is 11.5 Å². The zero-order valence-corrected chi connectivity index (χ0v) is 11.0. The van der Waals surface area contributed by atoms with E-state index in [4.69, 9.17) is 0 Å². The highest BCUT2D eigenvalue weighted by molar-refractivity contribution is 5.30. The van der Waals surface area contributed by atoms with Gasteiger partial charge < -0.3 is 10.3 Å². The Kier molecular flexibility index (Phi) is 2.52. The maximum atomic E-state index is 4.42. The van der Waals surface area contributed by atoms with Gasteiger partial charge in [0, 0.05) is 24.1 Å². The molecule has 1 aliphatic heterocycles. The van der Waals surface area contributed by atoms with Gasteiger partial charge >= 0.3 is 0 Å². The Morgan fingerprint density at radius 2 is 2.17 bits per heavy atom. The van der Waals surface area contributed by atoms with Crippen molar-refractivity contribution in [3.63, 3.8) is 0 Å². The van der Waals surface area contributed by atoms with Gasteiger partial charge in [0.05, 0.1) is 29.5 Å². The summed E-state index contributed by atoms with van der Waals surface area (Å²) < 4.78 is 0. The van der Waals surface area contributed by atoms with Crippen molar-refractivity contribution in [2.75, 3.05) is 6.54 Å². The molecule has 3 N–H and O–H groups in total. The third kappa shape index (κ3) is 1.84. The molecule has 5 nitrogen and oxygen atoms in total. The topological polar surface area (TPSA) is 69.4 Å². The first-order valence-electron chi connectivity index (χ1n) is 6.37. The summed E-state index contributed by atoms with van der Waals surface area (Å²) in [5.41, 5.74) is 4.56. The van der Waals surface area contributed by atoms with Crippen molar-refractivity contribution in [2.24, 2.45) is 0 Å². The lowest BCUT2D eigenvalue weighted by atomic mass is 9.91. The maximum absolute atomic E-state index is 4.42. The van der Waals surface area contributed by atoms with Gasteiger partial charge in [0.25, 0.3) is 0 Å². The summed E-state index contributed by atoms with van der Waals surface area (Å²) >= 11 is 0. The summed E-state index contributed by atoms with van der Waals surface area (Å²) in [6.07, 6.45) is 2.78. The number of hydrogen-bond donors (Lipinski definition) is 3. The van der Waals surface area contributed by atoms with Gasteiger partial charge in [-0.2, -0.15) is 5.10 Å². The highest BCUT2D eigenvalue weighted by atomic mass is 15.2. The van der Waals surface area contributed by atoms with Gasteiger partial charge in [-0.25, -0.2) is 4.98 Å². The van der Waals surface area contributed by atoms with Crippen LogP contribution in [0.2, 0.25) is 0 Å². The molecule has 0 saturated carbocycles. The van der Waals surface area contributed by atoms with Crippen LogP contribution in [-0.4, -0.2) is 26.7 Å². The molecule has 5 heteroatoms. The summed E-state index contributed by atoms with van der Waals surface area (Å²) in [5.74, 6) is 0. The third-order valence-corrected chi connectivity index (χ3v) is 3.43. The highest BCUT2D eigenvalue weighted by Gasteiger charge is 2.27. The number of H-pyrrole nitrogens is 2. The van der Waals surface area contributed by atoms with E-state index in [1.54, 1.807) is 6.33 Å². The van der Waals surface area contributed by atoms with Crippen molar-refractivity contribution >= 4 is 0 Å². The Morgan fingerprint density at radius 1 is 1.33 bits per heavy atom. The Balaban J connectivity index is 1.96. The molecule has 18 heavy (non-hydrogen) atoms. The average Bonchev–Trinajstić information content (AvgIpc) is 2.96. The van der Waals surface area contributed by atoms with Gasteiger partial charge in [-0.3, -0.25) is 5.10 Å². The van der Waals surface area contributed by atoms with Crippen LogP contribution in [0.1, 0.15) is 49.6 Å². The van der Waals surface area contributed by atoms with Gasteiger partial charge in [0.15, 0.2) is 0 Å². The molecule has 2 aromatic rings. The van der Waals surface area contributed by atoms with E-state index in [0.717, 1.165) is 30.0 Å². The summed E-state index contributed by atoms with van der Waals surface area (Å²) in [4.78, 5) is 7.63. The minimum atomic E-state index is 0.0673. The van der Waals surface area contributed by atoms with Crippen molar-refractivity contribution < 1.29 is 0 Å². The van der Waals surface area contributed by atoms with E-state index >= 15 is 0 Å². The number of nitrogens with zero attached hydrogens (tertiary/aromatic N) is 2. The van der Waals surface area contributed by atoms with Crippen LogP contribution >= 0.6 is 0 Å². The van der Waals surface area contributed by atoms with Gasteiger partial charge in [0.2, 0.25) is 0 Å². The smallest absolute Gasteiger partial charge is 0.0937 e. The number of fused-ring (bicyclic) bond motifs is 1. The van der Waals surface area contributed by atoms with Gasteiger partial charge in [0.1, 0.15) is 0 Å². The number of nitrogens with one attached hydrogen (secondary N) is 3. The van der Waals surface area contributed by atoms with Crippen molar-refractivity contribution in [3.05, 3.63) is 35.2 Å². The second-order valence-electron chi connectivity index (χ2n) is 5.86. The second kappa shape index (κ2) is 3.95. The lowest BCUT2D eigenvalue weighted by Gasteiger charge is -2.21. The van der Waals surface area contributed by atoms with Crippen LogP contribution in [0.4, 0.5) is 0 Å². The Labute approximate surface area is 106 Å². The second-order valence-corrected chi connectivity index (χ2v) is 5.86. The first kappa shape index (κ1) is 11.5. The highest BCUT2D eigenvalue weighted by Crippen LogP contribution is 2.28. The van der Waals surface area contributed by atoms with Crippen molar-refractivity contribution in [1.82, 2.24) is 25.5 Å². The predicted molar refractivity (Wildman–Crippen MR) is 69.4 cm³/mol. The molecule has 3 heterocycles. The quantitative estimate of drug-likeness (QED) is 0.715. The molecule has 1 aliphatic rings. The molecule has 0 radical (unpaired) electrons. The molecule has 0 spiro atoms. The number of imidazole rings is 1. The van der Waals surface area contributed by atoms with Gasteiger partial charge in [-0.1, -0.05) is 20.8 Å². The van der Waals surface area contributed by atoms with Crippen LogP contribution in [0.25, 0.3) is 0 Å². The maximum Gasteiger partial charge on any atom is 0.0937 e. The minimum Gasteiger partial charge on any atom is -0.348 e. The van der Waals surface area contributed by atoms with Crippen molar-refractivity contribution in [3.8, 4) is 0 Å². The number of hydrogen-bond acceptors (Lipinski definition) is 3. The fraction of sp³-hybridized carbons (Fsp3) is 0.538. The molecule has 0 bridgehead atoms. The van der Waals surface area contributed by atoms with Crippen LogP contribution in [-0.2, 0) is 11.8 Å². The van der Waals surface area contributed by atoms with Gasteiger partial charge in [-0.15, -0.1) is 0 Å². The number of aromatic nitrogens is 4. The van der Waals surface area contributed by atoms with E-state index < -0.39 is 0 Å². The summed E-state index contributed by atoms with van der Waals surface area (Å²) in [6.45, 7) is 7.47. The monoisotopic (exact) mass is 245 g/mol. The van der Waals surface area contributed by atoms with E-state index in [1.165, 1.54) is 5.69 Å². The Morgan fingerprint density at radius 3 is 2.89 bits per heavy atom. The van der Waals surface area contributed by atoms with E-state index in [0.29, 0.717) is 0 Å². The van der Waals surface area contributed by atoms with Gasteiger partial charge in [-0.05, 0) is 6.07 Å². The standard InChI is InChI=1S/C13H19N5/c1-13(2,3)10-6-9(17-18-10)12-11-8(4-5-14-12)15-7-16-11/h6-7,12,14H,4-5H2,1-3H3,(H,15,16)(H,17,18). The Hall–Kier alpha value is -1.62. The summed E-state index contributed by atoms with van der Waals surface area (Å²) in [7, 11) is 0. The molecule has 0 saturated heterocycles. The Bertz CT molecular complexity index is 546. The molecule has 96 valence electrons. The zero-order chi connectivity index (χ0) is 12.8. The fourth-order valence-electron chi connectivity index (χ4n) is 2.34. The molecule has 3 rings (SSSR count). The van der Waals surface area contributed by atoms with Crippen LogP contribution < -0.4 is 5.32 Å². The average molecular weight is 245 g/mol. The predicted octanol–water partition coefficient (Wildman–Crippen LogP) is 1.67. The van der Waals surface area contributed by atoms with Crippen LogP contribution in [0.3, 0.4) is 0 Å². The molecule has 1 unspecified atom stereocenters. The van der Waals surface area contributed by atoms with Crippen LogP contribution in [0, 0.1) is 0 Å². The largest absolute Gasteiger partial charge is 0.348 e. The molecular weight excluding hydrogens is 226 g/mol. The van der Waals surface area contributed by atoms with E-state index in [2.05, 4.69) is 52.3 Å². The first-order chi connectivity index (χ1) is 8.55. The van der Waals surface area contributed by atoms with Crippen molar-refractivity contribution in [2.45, 2.75) is 38.6 Å². The molecule has 0 aliphatic carbocycles. The lowest BCUT2D eigenvalue weighted by molar-refractivity contribution is 0.542. The molecule has 0 amide bonds. The molecule has 0 fully saturated rings. The fourth-order valence-corrected chi connectivity index (χ4v) is 2.34. The lowest BCUT2D eigenvalue weighted by Crippen LogP contribution is -2.31. The SMILES string of the molecule is CC(C)(C)c1cc(C2NCCc3[nH]cnc32)[nH]n1. The number of aromatic amines is 2. The molecule has 1 atom stereocenters. The summed E-state index contributed by atoms with van der Waals surface area (Å²) in [5, 5.41) is 11.1. The first-order valence-corrected chi connectivity index (χ1v) is 6.37. The summed E-state index contributed by atoms with van der Waals surface area (Å²) in [6, 6.07) is 2.27. The third-order valence-electron chi connectivity index (χ3n) is 3.43.